The van der Waals surface area contributed by atoms with Crippen LogP contribution < -0.4 is 11.1 Å². The van der Waals surface area contributed by atoms with E-state index in [-0.39, 0.29) is 11.8 Å². The molecule has 0 saturated heterocycles. The number of esters is 1. The van der Waals surface area contributed by atoms with Gasteiger partial charge in [-0.2, -0.15) is 0 Å². The van der Waals surface area contributed by atoms with Gasteiger partial charge in [-0.1, -0.05) is 25.4 Å². The molecule has 0 amide bonds. The van der Waals surface area contributed by atoms with Gasteiger partial charge in [0.15, 0.2) is 0 Å². The van der Waals surface area contributed by atoms with Crippen LogP contribution in [-0.4, -0.2) is 42.5 Å². The van der Waals surface area contributed by atoms with Crippen molar-refractivity contribution >= 4 is 35.4 Å². The van der Waals surface area contributed by atoms with Crippen LogP contribution in [-0.2, 0) is 20.7 Å². The van der Waals surface area contributed by atoms with Crippen molar-refractivity contribution in [2.45, 2.75) is 45.2 Å². The highest BCUT2D eigenvalue weighted by Gasteiger charge is 2.30. The first-order valence-electron chi connectivity index (χ1n) is 9.53. The molecule has 0 aromatic heterocycles. The second kappa shape index (κ2) is 10.4. The van der Waals surface area contributed by atoms with Gasteiger partial charge < -0.3 is 15.6 Å². The van der Waals surface area contributed by atoms with Crippen LogP contribution >= 0.6 is 11.6 Å². The number of hydrogen-bond acceptors (Lipinski definition) is 6. The summed E-state index contributed by atoms with van der Waals surface area (Å²) in [7, 11) is 1.29. The van der Waals surface area contributed by atoms with Gasteiger partial charge >= 0.3 is 11.9 Å². The molecule has 0 fully saturated rings. The predicted molar refractivity (Wildman–Crippen MR) is 114 cm³/mol. The number of nitrogen functional groups attached to an aromatic ring is 1. The van der Waals surface area contributed by atoms with E-state index < -0.39 is 24.0 Å². The van der Waals surface area contributed by atoms with Crippen LogP contribution in [0.3, 0.4) is 0 Å². The molecule has 4 N–H and O–H groups in total. The van der Waals surface area contributed by atoms with Crippen LogP contribution in [0.15, 0.2) is 35.0 Å². The number of carbonyl (C=O) groups is 2. The Hall–Kier alpha value is -2.38. The molecule has 29 heavy (non-hydrogen) atoms. The lowest BCUT2D eigenvalue weighted by Crippen LogP contribution is -2.48. The number of carboxylic acids is 1. The lowest BCUT2D eigenvalue weighted by Gasteiger charge is -2.24. The third-order valence-corrected chi connectivity index (χ3v) is 4.97. The number of ether oxygens (including phenoxy) is 1. The number of benzene rings is 1. The molecule has 1 aliphatic heterocycles. The van der Waals surface area contributed by atoms with Gasteiger partial charge in [-0.25, -0.2) is 0 Å². The van der Waals surface area contributed by atoms with Gasteiger partial charge in [0, 0.05) is 29.0 Å². The third kappa shape index (κ3) is 6.87. The molecule has 0 spiro atoms. The van der Waals surface area contributed by atoms with Crippen LogP contribution in [0.5, 0.6) is 0 Å². The number of carbonyl (C=O) groups excluding carboxylic acids is 1. The molecule has 1 unspecified atom stereocenters. The van der Waals surface area contributed by atoms with Gasteiger partial charge in [-0.05, 0) is 54.5 Å². The molecular weight excluding hydrogens is 394 g/mol. The number of methoxy groups -OCH3 is 1. The molecule has 1 aliphatic rings. The molecule has 0 aliphatic carbocycles. The Morgan fingerprint density at radius 2 is 2.03 bits per heavy atom. The van der Waals surface area contributed by atoms with Gasteiger partial charge in [-0.15, -0.1) is 0 Å². The van der Waals surface area contributed by atoms with Crippen molar-refractivity contribution in [3.05, 3.63) is 40.6 Å². The van der Waals surface area contributed by atoms with E-state index in [2.05, 4.69) is 10.3 Å². The molecule has 3 atom stereocenters. The largest absolute Gasteiger partial charge is 0.480 e. The Bertz CT molecular complexity index is 787. The van der Waals surface area contributed by atoms with Crippen molar-refractivity contribution in [2.24, 2.45) is 16.8 Å². The SMILES string of the molecule is COC(=O)[C@H](CC1=CN=CC1Cc1cc(N)cc(Cl)c1)N[C@@H](CC(C)C)C(=O)O. The number of carboxylic acid groups (broad SMARTS) is 1. The molecule has 2 rings (SSSR count). The average Bonchev–Trinajstić information content (AvgIpc) is 3.05. The van der Waals surface area contributed by atoms with E-state index in [4.69, 9.17) is 22.1 Å². The minimum Gasteiger partial charge on any atom is -0.480 e. The fourth-order valence-corrected chi connectivity index (χ4v) is 3.68. The first-order valence-corrected chi connectivity index (χ1v) is 9.91. The summed E-state index contributed by atoms with van der Waals surface area (Å²) >= 11 is 6.09. The number of hydrogen-bond donors (Lipinski definition) is 3. The Labute approximate surface area is 176 Å². The number of halogens is 1. The average molecular weight is 422 g/mol. The van der Waals surface area contributed by atoms with Gasteiger partial charge in [0.25, 0.3) is 0 Å². The van der Waals surface area contributed by atoms with E-state index >= 15 is 0 Å². The summed E-state index contributed by atoms with van der Waals surface area (Å²) in [4.78, 5) is 28.2. The molecule has 0 radical (unpaired) electrons. The molecule has 0 bridgehead atoms. The highest BCUT2D eigenvalue weighted by atomic mass is 35.5. The highest BCUT2D eigenvalue weighted by molar-refractivity contribution is 6.30. The van der Waals surface area contributed by atoms with Crippen molar-refractivity contribution in [2.75, 3.05) is 12.8 Å². The maximum absolute atomic E-state index is 12.3. The van der Waals surface area contributed by atoms with Crippen molar-refractivity contribution < 1.29 is 19.4 Å². The zero-order valence-electron chi connectivity index (χ0n) is 16.9. The second-order valence-electron chi connectivity index (χ2n) is 7.67. The van der Waals surface area contributed by atoms with Crippen LogP contribution in [0.1, 0.15) is 32.3 Å². The molecule has 1 aromatic rings. The van der Waals surface area contributed by atoms with Crippen LogP contribution in [0, 0.1) is 11.8 Å². The normalized spacial score (nSPS) is 17.8. The van der Waals surface area contributed by atoms with E-state index in [0.717, 1.165) is 11.1 Å². The lowest BCUT2D eigenvalue weighted by atomic mass is 9.90. The zero-order valence-corrected chi connectivity index (χ0v) is 17.6. The van der Waals surface area contributed by atoms with Crippen molar-refractivity contribution in [3.8, 4) is 0 Å². The summed E-state index contributed by atoms with van der Waals surface area (Å²) in [6, 6.07) is 3.77. The molecular formula is C21H28ClN3O4. The standard InChI is InChI=1S/C21H28ClN3O4/c1-12(2)4-18(20(26)27)25-19(21(28)29-3)8-15-11-24-10-14(15)5-13-6-16(22)9-17(23)7-13/h6-7,9-12,14,18-19,25H,4-5,8,23H2,1-3H3,(H,26,27)/t14?,18-,19-/m0/s1. The first kappa shape index (κ1) is 22.9. The maximum atomic E-state index is 12.3. The number of rotatable bonds is 10. The van der Waals surface area contributed by atoms with Crippen LogP contribution in [0.4, 0.5) is 5.69 Å². The number of aliphatic carboxylic acids is 1. The highest BCUT2D eigenvalue weighted by Crippen LogP contribution is 2.27. The van der Waals surface area contributed by atoms with Crippen molar-refractivity contribution in [1.82, 2.24) is 5.32 Å². The topological polar surface area (TPSA) is 114 Å². The Morgan fingerprint density at radius 1 is 1.31 bits per heavy atom. The van der Waals surface area contributed by atoms with Gasteiger partial charge in [-0.3, -0.25) is 19.9 Å². The van der Waals surface area contributed by atoms with Crippen LogP contribution in [0.25, 0.3) is 0 Å². The van der Waals surface area contributed by atoms with E-state index in [1.165, 1.54) is 7.11 Å². The summed E-state index contributed by atoms with van der Waals surface area (Å²) < 4.78 is 4.90. The summed E-state index contributed by atoms with van der Waals surface area (Å²) in [6.45, 7) is 3.87. The molecule has 0 saturated carbocycles. The number of nitrogens with two attached hydrogens (primary N) is 1. The minimum atomic E-state index is -0.991. The molecule has 158 valence electrons. The molecule has 7 nitrogen and oxygen atoms in total. The summed E-state index contributed by atoms with van der Waals surface area (Å²) in [5.74, 6) is -1.36. The summed E-state index contributed by atoms with van der Waals surface area (Å²) in [6.07, 6.45) is 4.86. The van der Waals surface area contributed by atoms with E-state index in [1.807, 2.05) is 32.2 Å². The maximum Gasteiger partial charge on any atom is 0.323 e. The monoisotopic (exact) mass is 421 g/mol. The van der Waals surface area contributed by atoms with Gasteiger partial charge in [0.2, 0.25) is 0 Å². The quantitative estimate of drug-likeness (QED) is 0.395. The fourth-order valence-electron chi connectivity index (χ4n) is 3.41. The zero-order chi connectivity index (χ0) is 21.6. The molecule has 1 aromatic carbocycles. The first-order chi connectivity index (χ1) is 13.7. The van der Waals surface area contributed by atoms with Gasteiger partial charge in [0.05, 0.1) is 7.11 Å². The summed E-state index contributed by atoms with van der Waals surface area (Å²) in [5.41, 5.74) is 8.33. The number of anilines is 1. The lowest BCUT2D eigenvalue weighted by molar-refractivity contribution is -0.145. The smallest absolute Gasteiger partial charge is 0.323 e. The number of nitrogens with zero attached hydrogens (tertiary/aromatic N) is 1. The fraction of sp³-hybridized carbons (Fsp3) is 0.476. The summed E-state index contributed by atoms with van der Waals surface area (Å²) in [5, 5.41) is 13.0. The Morgan fingerprint density at radius 3 is 2.62 bits per heavy atom. The Balaban J connectivity index is 2.13. The molecule has 1 heterocycles. The predicted octanol–water partition coefficient (Wildman–Crippen LogP) is 3.07. The third-order valence-electron chi connectivity index (χ3n) is 4.75. The van der Waals surface area contributed by atoms with E-state index in [0.29, 0.717) is 30.0 Å². The van der Waals surface area contributed by atoms with E-state index in [9.17, 15) is 14.7 Å². The van der Waals surface area contributed by atoms with E-state index in [1.54, 1.807) is 12.3 Å². The molecule has 8 heteroatoms. The number of nitrogens with one attached hydrogen (secondary N) is 1. The number of aliphatic imine (C=N–C) groups is 1. The van der Waals surface area contributed by atoms with Crippen LogP contribution in [0.2, 0.25) is 5.02 Å². The van der Waals surface area contributed by atoms with Crippen molar-refractivity contribution in [3.63, 3.8) is 0 Å². The second-order valence-corrected chi connectivity index (χ2v) is 8.11. The minimum absolute atomic E-state index is 0.0322. The Kier molecular flexibility index (Phi) is 8.22. The van der Waals surface area contributed by atoms with Crippen molar-refractivity contribution in [1.29, 1.82) is 0 Å². The van der Waals surface area contributed by atoms with Gasteiger partial charge in [0.1, 0.15) is 12.1 Å².